The molecule has 0 aromatic heterocycles. The van der Waals surface area contributed by atoms with Crippen molar-refractivity contribution in [2.45, 2.75) is 0 Å². The molecule has 0 saturated heterocycles. The highest BCUT2D eigenvalue weighted by Gasteiger charge is 1.99. The van der Waals surface area contributed by atoms with Crippen molar-refractivity contribution in [1.82, 2.24) is 5.53 Å². The Morgan fingerprint density at radius 2 is 1.91 bits per heavy atom. The van der Waals surface area contributed by atoms with Crippen LogP contribution in [0.15, 0.2) is 29.4 Å². The first-order chi connectivity index (χ1) is 5.24. The van der Waals surface area contributed by atoms with Crippen molar-refractivity contribution in [2.75, 3.05) is 0 Å². The van der Waals surface area contributed by atoms with Crippen LogP contribution in [-0.4, -0.2) is 11.1 Å². The predicted molar refractivity (Wildman–Crippen MR) is 37.6 cm³/mol. The summed E-state index contributed by atoms with van der Waals surface area (Å²) in [5, 5.41) is 11.3. The van der Waals surface area contributed by atoms with Gasteiger partial charge in [0.05, 0.1) is 11.3 Å². The maximum absolute atomic E-state index is 10.3. The second-order valence-electron chi connectivity index (χ2n) is 1.95. The van der Waals surface area contributed by atoms with Gasteiger partial charge in [0.25, 0.3) is 0 Å². The van der Waals surface area contributed by atoms with E-state index < -0.39 is 5.97 Å². The lowest BCUT2D eigenvalue weighted by Gasteiger charge is -1.92. The molecule has 1 N–H and O–H groups in total. The van der Waals surface area contributed by atoms with E-state index in [4.69, 9.17) is 10.6 Å². The van der Waals surface area contributed by atoms with E-state index in [9.17, 15) is 4.79 Å². The Bertz CT molecular complexity index is 279. The highest BCUT2D eigenvalue weighted by Crippen LogP contribution is 2.11. The van der Waals surface area contributed by atoms with E-state index in [2.05, 4.69) is 5.11 Å². The molecule has 0 aliphatic rings. The van der Waals surface area contributed by atoms with Crippen molar-refractivity contribution in [3.63, 3.8) is 0 Å². The summed E-state index contributed by atoms with van der Waals surface area (Å²) in [6.07, 6.45) is 0. The Kier molecular flexibility index (Phi) is 1.96. The van der Waals surface area contributed by atoms with Gasteiger partial charge in [0.1, 0.15) is 0 Å². The third-order valence-corrected chi connectivity index (χ3v) is 1.23. The smallest absolute Gasteiger partial charge is 0.335 e. The van der Waals surface area contributed by atoms with Crippen molar-refractivity contribution < 1.29 is 9.90 Å². The van der Waals surface area contributed by atoms with E-state index in [1.807, 2.05) is 0 Å². The Balaban J connectivity index is 3.00. The van der Waals surface area contributed by atoms with Gasteiger partial charge in [0.2, 0.25) is 0 Å². The van der Waals surface area contributed by atoms with E-state index in [1.54, 1.807) is 0 Å². The molecule has 0 unspecified atom stereocenters. The molecule has 4 nitrogen and oxygen atoms in total. The van der Waals surface area contributed by atoms with Crippen LogP contribution < -0.4 is 5.53 Å². The van der Waals surface area contributed by atoms with E-state index >= 15 is 0 Å². The first kappa shape index (κ1) is 7.40. The summed E-state index contributed by atoms with van der Waals surface area (Å²) in [6, 6.07) is 5.58. The van der Waals surface area contributed by atoms with E-state index in [1.165, 1.54) is 24.3 Å². The molecule has 0 saturated carbocycles. The van der Waals surface area contributed by atoms with Gasteiger partial charge < -0.3 is 5.11 Å². The number of nitrogens with zero attached hydrogens (tertiary/aromatic N) is 2. The number of benzene rings is 1. The van der Waals surface area contributed by atoms with Gasteiger partial charge in [-0.3, -0.25) is 0 Å². The summed E-state index contributed by atoms with van der Waals surface area (Å²) in [5.41, 5.74) is 8.77. The summed E-state index contributed by atoms with van der Waals surface area (Å²) in [4.78, 5) is 10.3. The third kappa shape index (κ3) is 1.61. The summed E-state index contributed by atoms with van der Waals surface area (Å²) >= 11 is 0. The molecule has 0 aliphatic heterocycles. The van der Waals surface area contributed by atoms with Crippen LogP contribution in [0, 0.1) is 0 Å². The van der Waals surface area contributed by atoms with Gasteiger partial charge in [-0.25, -0.2) is 4.79 Å². The molecule has 1 aromatic carbocycles. The van der Waals surface area contributed by atoms with Gasteiger partial charge in [-0.15, -0.1) is 5.11 Å². The molecule has 0 bridgehead atoms. The monoisotopic (exact) mass is 149 g/mol. The van der Waals surface area contributed by atoms with Crippen LogP contribution in [0.1, 0.15) is 10.4 Å². The summed E-state index contributed by atoms with van der Waals surface area (Å²) < 4.78 is 0. The topological polar surface area (TPSA) is 72.0 Å². The standard InChI is InChI=1S/C7H5N2O2/c8-9-6-3-1-5(2-4-6)7(10)11/h1-4H,(H,10,11). The molecule has 0 fully saturated rings. The first-order valence-electron chi connectivity index (χ1n) is 2.92. The third-order valence-electron chi connectivity index (χ3n) is 1.23. The summed E-state index contributed by atoms with van der Waals surface area (Å²) in [7, 11) is 0. The zero-order chi connectivity index (χ0) is 8.27. The number of rotatable bonds is 2. The van der Waals surface area contributed by atoms with Crippen molar-refractivity contribution in [3.8, 4) is 0 Å². The molecule has 0 heterocycles. The number of hydrogen-bond acceptors (Lipinski definition) is 2. The van der Waals surface area contributed by atoms with Crippen LogP contribution in [0.3, 0.4) is 0 Å². The van der Waals surface area contributed by atoms with Gasteiger partial charge in [-0.1, -0.05) is 0 Å². The Labute approximate surface area is 63.0 Å². The zero-order valence-corrected chi connectivity index (χ0v) is 5.56. The second kappa shape index (κ2) is 2.92. The van der Waals surface area contributed by atoms with Crippen molar-refractivity contribution >= 4 is 11.7 Å². The SMILES string of the molecule is [N]=Nc1ccc(C(=O)O)cc1. The molecule has 11 heavy (non-hydrogen) atoms. The maximum atomic E-state index is 10.3. The Hall–Kier alpha value is -1.71. The van der Waals surface area contributed by atoms with Crippen molar-refractivity contribution in [2.24, 2.45) is 5.11 Å². The molecular formula is C7H5N2O2. The van der Waals surface area contributed by atoms with E-state index in [0.29, 0.717) is 5.69 Å². The molecule has 0 atom stereocenters. The normalized spacial score (nSPS) is 9.09. The lowest BCUT2D eigenvalue weighted by Crippen LogP contribution is -1.93. The molecule has 0 spiro atoms. The predicted octanol–water partition coefficient (Wildman–Crippen LogP) is 1.27. The summed E-state index contributed by atoms with van der Waals surface area (Å²) in [6.45, 7) is 0. The second-order valence-corrected chi connectivity index (χ2v) is 1.95. The van der Waals surface area contributed by atoms with Gasteiger partial charge in [-0.05, 0) is 29.8 Å². The molecule has 4 heteroatoms. The van der Waals surface area contributed by atoms with Crippen LogP contribution in [0.5, 0.6) is 0 Å². The van der Waals surface area contributed by atoms with E-state index in [-0.39, 0.29) is 5.56 Å². The highest BCUT2D eigenvalue weighted by molar-refractivity contribution is 5.87. The summed E-state index contributed by atoms with van der Waals surface area (Å²) in [5.74, 6) is -0.991. The number of hydrogen-bond donors (Lipinski definition) is 1. The fourth-order valence-electron chi connectivity index (χ4n) is 0.671. The highest BCUT2D eigenvalue weighted by atomic mass is 16.4. The minimum atomic E-state index is -0.991. The minimum Gasteiger partial charge on any atom is -0.478 e. The van der Waals surface area contributed by atoms with Crippen LogP contribution >= 0.6 is 0 Å². The Morgan fingerprint density at radius 3 is 2.27 bits per heavy atom. The quantitative estimate of drug-likeness (QED) is 0.643. The average molecular weight is 149 g/mol. The van der Waals surface area contributed by atoms with Gasteiger partial charge in [-0.2, -0.15) is 0 Å². The number of aromatic carboxylic acids is 1. The molecule has 0 amide bonds. The maximum Gasteiger partial charge on any atom is 0.335 e. The van der Waals surface area contributed by atoms with Gasteiger partial charge >= 0.3 is 5.97 Å². The average Bonchev–Trinajstić information content (AvgIpc) is 2.05. The zero-order valence-electron chi connectivity index (χ0n) is 5.56. The van der Waals surface area contributed by atoms with Crippen LogP contribution in [0.2, 0.25) is 0 Å². The molecular weight excluding hydrogens is 144 g/mol. The van der Waals surface area contributed by atoms with Gasteiger partial charge in [0.15, 0.2) is 0 Å². The lowest BCUT2D eigenvalue weighted by atomic mass is 10.2. The van der Waals surface area contributed by atoms with E-state index in [0.717, 1.165) is 0 Å². The fraction of sp³-hybridized carbons (Fsp3) is 0. The molecule has 1 radical (unpaired) electrons. The van der Waals surface area contributed by atoms with Gasteiger partial charge in [0, 0.05) is 0 Å². The molecule has 55 valence electrons. The van der Waals surface area contributed by atoms with Crippen LogP contribution in [-0.2, 0) is 0 Å². The minimum absolute atomic E-state index is 0.178. The van der Waals surface area contributed by atoms with Crippen LogP contribution in [0.4, 0.5) is 5.69 Å². The number of carbonyl (C=O) groups is 1. The van der Waals surface area contributed by atoms with Crippen molar-refractivity contribution in [1.29, 1.82) is 0 Å². The van der Waals surface area contributed by atoms with Crippen molar-refractivity contribution in [3.05, 3.63) is 29.8 Å². The Morgan fingerprint density at radius 1 is 1.36 bits per heavy atom. The number of carboxylic acids is 1. The molecule has 1 rings (SSSR count). The molecule has 1 aromatic rings. The van der Waals surface area contributed by atoms with Crippen LogP contribution in [0.25, 0.3) is 0 Å². The largest absolute Gasteiger partial charge is 0.478 e. The lowest BCUT2D eigenvalue weighted by molar-refractivity contribution is 0.0697. The number of carboxylic acid groups (broad SMARTS) is 1. The fourth-order valence-corrected chi connectivity index (χ4v) is 0.671. The molecule has 0 aliphatic carbocycles. The first-order valence-corrected chi connectivity index (χ1v) is 2.92.